The van der Waals surface area contributed by atoms with E-state index in [0.29, 0.717) is 13.0 Å². The monoisotopic (exact) mass is 290 g/mol. The van der Waals surface area contributed by atoms with Crippen LogP contribution >= 0.6 is 22.6 Å². The summed E-state index contributed by atoms with van der Waals surface area (Å²) in [7, 11) is 0. The first kappa shape index (κ1) is 7.84. The Labute approximate surface area is 88.6 Å². The fourth-order valence-corrected chi connectivity index (χ4v) is 2.64. The summed E-state index contributed by atoms with van der Waals surface area (Å²) in [6.45, 7) is 0.491. The van der Waals surface area contributed by atoms with E-state index in [1.54, 1.807) is 0 Å². The maximum Gasteiger partial charge on any atom is 0.306 e. The fourth-order valence-electron chi connectivity index (χ4n) is 2.05. The molecule has 0 radical (unpaired) electrons. The van der Waals surface area contributed by atoms with Gasteiger partial charge < -0.3 is 9.15 Å². The molecule has 1 saturated heterocycles. The van der Waals surface area contributed by atoms with Gasteiger partial charge in [0, 0.05) is 6.42 Å². The Bertz CT molecular complexity index is 392. The summed E-state index contributed by atoms with van der Waals surface area (Å²) in [4.78, 5) is 11.0. The number of esters is 1. The van der Waals surface area contributed by atoms with Crippen LogP contribution in [0, 0.1) is 3.57 Å². The largest absolute Gasteiger partial charge is 0.465 e. The van der Waals surface area contributed by atoms with Gasteiger partial charge in [-0.25, -0.2) is 0 Å². The second kappa shape index (κ2) is 2.29. The van der Waals surface area contributed by atoms with Crippen LogP contribution in [0.2, 0.25) is 0 Å². The topological polar surface area (TPSA) is 39.4 Å². The molecule has 68 valence electrons. The van der Waals surface area contributed by atoms with Gasteiger partial charge in [-0.2, -0.15) is 0 Å². The maximum absolute atomic E-state index is 11.0. The van der Waals surface area contributed by atoms with Crippen molar-refractivity contribution >= 4 is 28.6 Å². The van der Waals surface area contributed by atoms with Crippen molar-refractivity contribution in [1.29, 1.82) is 0 Å². The minimum absolute atomic E-state index is 0.104. The number of rotatable bonds is 0. The number of cyclic esters (lactones) is 1. The minimum atomic E-state index is -0.138. The van der Waals surface area contributed by atoms with Crippen LogP contribution in [0.5, 0.6) is 0 Å². The molecule has 0 saturated carbocycles. The van der Waals surface area contributed by atoms with Gasteiger partial charge in [-0.05, 0) is 28.7 Å². The first-order valence-corrected chi connectivity index (χ1v) is 5.22. The molecule has 2 aliphatic heterocycles. The van der Waals surface area contributed by atoms with Gasteiger partial charge in [-0.1, -0.05) is 0 Å². The van der Waals surface area contributed by atoms with Gasteiger partial charge in [0.25, 0.3) is 0 Å². The van der Waals surface area contributed by atoms with Gasteiger partial charge in [-0.15, -0.1) is 0 Å². The highest BCUT2D eigenvalue weighted by Gasteiger charge is 2.49. The van der Waals surface area contributed by atoms with Crippen molar-refractivity contribution in [2.45, 2.75) is 18.3 Å². The first-order valence-electron chi connectivity index (χ1n) is 4.14. The van der Waals surface area contributed by atoms with E-state index >= 15 is 0 Å². The molecule has 2 aliphatic rings. The summed E-state index contributed by atoms with van der Waals surface area (Å²) in [6.07, 6.45) is 1.31. The molecule has 1 aromatic heterocycles. The Morgan fingerprint density at radius 3 is 2.77 bits per heavy atom. The zero-order chi connectivity index (χ0) is 9.05. The second-order valence-electron chi connectivity index (χ2n) is 3.68. The normalized spacial score (nSPS) is 30.1. The van der Waals surface area contributed by atoms with Crippen LogP contribution in [0.4, 0.5) is 0 Å². The Kier molecular flexibility index (Phi) is 1.38. The smallest absolute Gasteiger partial charge is 0.306 e. The summed E-state index contributed by atoms with van der Waals surface area (Å²) in [5, 5.41) is 0. The summed E-state index contributed by atoms with van der Waals surface area (Å²) >= 11 is 2.25. The lowest BCUT2D eigenvalue weighted by Gasteiger charge is -2.18. The van der Waals surface area contributed by atoms with E-state index in [1.165, 1.54) is 0 Å². The van der Waals surface area contributed by atoms with E-state index in [-0.39, 0.29) is 11.4 Å². The summed E-state index contributed by atoms with van der Waals surface area (Å²) in [5.41, 5.74) is -0.138. The molecule has 0 aromatic carbocycles. The van der Waals surface area contributed by atoms with E-state index in [0.717, 1.165) is 21.5 Å². The summed E-state index contributed by atoms with van der Waals surface area (Å²) in [5.74, 6) is 1.83. The van der Waals surface area contributed by atoms with Crippen molar-refractivity contribution in [3.05, 3.63) is 21.2 Å². The van der Waals surface area contributed by atoms with E-state index in [9.17, 15) is 4.79 Å². The van der Waals surface area contributed by atoms with E-state index < -0.39 is 0 Å². The molecule has 0 N–H and O–H groups in total. The molecule has 1 atom stereocenters. The molecular weight excluding hydrogens is 283 g/mol. The van der Waals surface area contributed by atoms with Crippen LogP contribution in [0.15, 0.2) is 10.5 Å². The van der Waals surface area contributed by atoms with Gasteiger partial charge in [-0.3, -0.25) is 4.79 Å². The van der Waals surface area contributed by atoms with Gasteiger partial charge in [0.2, 0.25) is 0 Å². The molecule has 1 unspecified atom stereocenters. The van der Waals surface area contributed by atoms with Gasteiger partial charge in [0.15, 0.2) is 0 Å². The molecule has 3 rings (SSSR count). The van der Waals surface area contributed by atoms with E-state index in [4.69, 9.17) is 9.15 Å². The summed E-state index contributed by atoms with van der Waals surface area (Å²) < 4.78 is 11.7. The molecule has 4 heteroatoms. The third-order valence-corrected chi connectivity index (χ3v) is 3.68. The number of ether oxygens (including phenoxy) is 1. The molecule has 0 aliphatic carbocycles. The van der Waals surface area contributed by atoms with E-state index in [1.807, 2.05) is 6.07 Å². The van der Waals surface area contributed by atoms with Crippen LogP contribution in [-0.2, 0) is 21.4 Å². The molecule has 1 spiro atoms. The molecular formula is C9H7IO3. The summed E-state index contributed by atoms with van der Waals surface area (Å²) in [6, 6.07) is 2.02. The molecule has 2 bridgehead atoms. The molecule has 3 nitrogen and oxygen atoms in total. The van der Waals surface area contributed by atoms with Crippen molar-refractivity contribution in [3.63, 3.8) is 0 Å². The standard InChI is InChI=1S/C9H7IO3/c10-5-1-7-9(2-6(5)13-7)3-8(11)12-4-9/h1H,2-4H2. The Morgan fingerprint density at radius 2 is 2.31 bits per heavy atom. The number of furan rings is 1. The van der Waals surface area contributed by atoms with Crippen molar-refractivity contribution in [1.82, 2.24) is 0 Å². The van der Waals surface area contributed by atoms with Crippen molar-refractivity contribution in [3.8, 4) is 0 Å². The predicted octanol–water partition coefficient (Wildman–Crippen LogP) is 1.63. The second-order valence-corrected chi connectivity index (χ2v) is 4.84. The van der Waals surface area contributed by atoms with E-state index in [2.05, 4.69) is 22.6 Å². The number of carbonyl (C=O) groups is 1. The fraction of sp³-hybridized carbons (Fsp3) is 0.444. The molecule has 1 aromatic rings. The SMILES string of the molecule is O=C1CC2(CO1)Cc1oc2cc1I. The highest BCUT2D eigenvalue weighted by molar-refractivity contribution is 14.1. The minimum Gasteiger partial charge on any atom is -0.465 e. The predicted molar refractivity (Wildman–Crippen MR) is 52.4 cm³/mol. The zero-order valence-corrected chi connectivity index (χ0v) is 8.96. The van der Waals surface area contributed by atoms with Gasteiger partial charge >= 0.3 is 5.97 Å². The van der Waals surface area contributed by atoms with Crippen LogP contribution in [0.3, 0.4) is 0 Å². The quantitative estimate of drug-likeness (QED) is 0.538. The van der Waals surface area contributed by atoms with Crippen molar-refractivity contribution in [2.24, 2.45) is 0 Å². The van der Waals surface area contributed by atoms with Crippen LogP contribution in [-0.4, -0.2) is 12.6 Å². The lowest BCUT2D eigenvalue weighted by atomic mass is 9.80. The highest BCUT2D eigenvalue weighted by atomic mass is 127. The molecule has 13 heavy (non-hydrogen) atoms. The number of hydrogen-bond donors (Lipinski definition) is 0. The van der Waals surface area contributed by atoms with Gasteiger partial charge in [0.05, 0.1) is 15.4 Å². The lowest BCUT2D eigenvalue weighted by Crippen LogP contribution is -2.27. The number of hydrogen-bond acceptors (Lipinski definition) is 3. The third-order valence-electron chi connectivity index (χ3n) is 2.77. The number of fused-ring (bicyclic) bond motifs is 3. The van der Waals surface area contributed by atoms with Crippen LogP contribution in [0.1, 0.15) is 17.9 Å². The van der Waals surface area contributed by atoms with Crippen LogP contribution in [0.25, 0.3) is 0 Å². The first-order chi connectivity index (χ1) is 6.20. The zero-order valence-electron chi connectivity index (χ0n) is 6.80. The van der Waals surface area contributed by atoms with Gasteiger partial charge in [0.1, 0.15) is 18.1 Å². The third kappa shape index (κ3) is 0.920. The molecule has 1 fully saturated rings. The Hall–Kier alpha value is -0.520. The number of halogens is 1. The average molecular weight is 290 g/mol. The number of carbonyl (C=O) groups excluding carboxylic acids is 1. The van der Waals surface area contributed by atoms with Crippen molar-refractivity contribution in [2.75, 3.05) is 6.61 Å². The maximum atomic E-state index is 11.0. The van der Waals surface area contributed by atoms with Crippen molar-refractivity contribution < 1.29 is 13.9 Å². The molecule has 0 amide bonds. The Morgan fingerprint density at radius 1 is 1.46 bits per heavy atom. The Balaban J connectivity index is 2.06. The highest BCUT2D eigenvalue weighted by Crippen LogP contribution is 2.45. The average Bonchev–Trinajstić information content (AvgIpc) is 2.68. The van der Waals surface area contributed by atoms with Crippen LogP contribution < -0.4 is 0 Å². The molecule has 3 heterocycles. The lowest BCUT2D eigenvalue weighted by molar-refractivity contribution is -0.137.